The number of carbonyl (C=O) groups is 1. The summed E-state index contributed by atoms with van der Waals surface area (Å²) >= 11 is 0. The van der Waals surface area contributed by atoms with Crippen LogP contribution in [0.15, 0.2) is 67.3 Å². The van der Waals surface area contributed by atoms with Crippen molar-refractivity contribution in [1.29, 1.82) is 0 Å². The number of nitrogens with two attached hydrogens (primary N) is 1. The van der Waals surface area contributed by atoms with E-state index in [2.05, 4.69) is 27.1 Å². The van der Waals surface area contributed by atoms with E-state index in [9.17, 15) is 13.6 Å². The second-order valence-corrected chi connectivity index (χ2v) is 8.15. The van der Waals surface area contributed by atoms with E-state index in [0.29, 0.717) is 40.2 Å². The van der Waals surface area contributed by atoms with Crippen LogP contribution in [0.5, 0.6) is 0 Å². The van der Waals surface area contributed by atoms with E-state index in [1.54, 1.807) is 24.5 Å². The fourth-order valence-corrected chi connectivity index (χ4v) is 4.03. The Bertz CT molecular complexity index is 1480. The van der Waals surface area contributed by atoms with Gasteiger partial charge in [0.15, 0.2) is 0 Å². The van der Waals surface area contributed by atoms with Crippen molar-refractivity contribution in [3.63, 3.8) is 0 Å². The Morgan fingerprint density at radius 3 is 2.47 bits per heavy atom. The van der Waals surface area contributed by atoms with Gasteiger partial charge in [-0.2, -0.15) is 0 Å². The normalized spacial score (nSPS) is 12.6. The van der Waals surface area contributed by atoms with Crippen LogP contribution < -0.4 is 11.1 Å². The van der Waals surface area contributed by atoms with E-state index in [4.69, 9.17) is 10.7 Å². The minimum absolute atomic E-state index is 0. The first-order valence-corrected chi connectivity index (χ1v) is 10.9. The minimum atomic E-state index is -0.685. The molecule has 3 N–H and O–H groups in total. The van der Waals surface area contributed by atoms with E-state index in [0.717, 1.165) is 17.2 Å². The van der Waals surface area contributed by atoms with Crippen LogP contribution in [-0.4, -0.2) is 20.9 Å². The van der Waals surface area contributed by atoms with E-state index in [1.165, 1.54) is 18.5 Å². The van der Waals surface area contributed by atoms with Crippen molar-refractivity contribution in [3.8, 4) is 23.0 Å². The summed E-state index contributed by atoms with van der Waals surface area (Å²) in [4.78, 5) is 24.8. The Morgan fingerprint density at radius 2 is 1.72 bits per heavy atom. The molecule has 0 saturated heterocycles. The Hall–Kier alpha value is -4.19. The van der Waals surface area contributed by atoms with Crippen molar-refractivity contribution in [3.05, 3.63) is 113 Å². The number of fused-ring (bicyclic) bond motifs is 1. The summed E-state index contributed by atoms with van der Waals surface area (Å²) in [5.74, 6) is 4.47. The molecule has 4 aromatic rings. The molecular weight excluding hydrogens is 484 g/mol. The van der Waals surface area contributed by atoms with E-state index in [1.807, 2.05) is 18.2 Å². The lowest BCUT2D eigenvalue weighted by Gasteiger charge is -2.17. The number of carbonyl (C=O) groups excluding carboxylic acids is 1. The Morgan fingerprint density at radius 1 is 0.972 bits per heavy atom. The fourth-order valence-electron chi connectivity index (χ4n) is 4.03. The zero-order chi connectivity index (χ0) is 24.4. The van der Waals surface area contributed by atoms with Crippen molar-refractivity contribution >= 4 is 18.3 Å². The number of benzene rings is 2. The maximum atomic E-state index is 13.8. The molecule has 5 rings (SSSR count). The standard InChI is InChI=1S/C27H19F2N5O.ClH/c28-20-7-17(8-21(29)11-20)9-25(30)26-23(18-2-3-19-14-33-27(35)24(19)10-18)6-5-22(34-26)4-1-16-12-31-15-32-13-16;/h2-3,5-8,10-13,15,25H,9,14,30H2,(H,33,35);1H. The number of nitrogens with one attached hydrogen (secondary N) is 1. The van der Waals surface area contributed by atoms with Gasteiger partial charge in [0, 0.05) is 36.1 Å². The number of amides is 1. The Labute approximate surface area is 212 Å². The number of nitrogens with zero attached hydrogens (tertiary/aromatic N) is 3. The largest absolute Gasteiger partial charge is 0.348 e. The summed E-state index contributed by atoms with van der Waals surface area (Å²) in [6.07, 6.45) is 4.76. The smallest absolute Gasteiger partial charge is 0.251 e. The molecule has 2 aromatic heterocycles. The molecule has 0 fully saturated rings. The van der Waals surface area contributed by atoms with Gasteiger partial charge in [0.1, 0.15) is 23.7 Å². The first-order valence-electron chi connectivity index (χ1n) is 10.9. The lowest BCUT2D eigenvalue weighted by atomic mass is 9.94. The van der Waals surface area contributed by atoms with Crippen LogP contribution in [0, 0.1) is 23.5 Å². The minimum Gasteiger partial charge on any atom is -0.348 e. The molecule has 180 valence electrons. The van der Waals surface area contributed by atoms with Gasteiger partial charge >= 0.3 is 0 Å². The van der Waals surface area contributed by atoms with Crippen LogP contribution >= 0.6 is 12.4 Å². The molecule has 1 aliphatic rings. The quantitative estimate of drug-likeness (QED) is 0.408. The summed E-state index contributed by atoms with van der Waals surface area (Å²) < 4.78 is 27.5. The molecule has 36 heavy (non-hydrogen) atoms. The molecular formula is C27H20ClF2N5O. The molecule has 9 heteroatoms. The lowest BCUT2D eigenvalue weighted by molar-refractivity contribution is 0.0965. The van der Waals surface area contributed by atoms with Gasteiger partial charge in [0.05, 0.1) is 17.3 Å². The second-order valence-electron chi connectivity index (χ2n) is 8.15. The molecule has 0 radical (unpaired) electrons. The average Bonchev–Trinajstić information content (AvgIpc) is 3.22. The van der Waals surface area contributed by atoms with Crippen LogP contribution in [0.2, 0.25) is 0 Å². The molecule has 1 atom stereocenters. The van der Waals surface area contributed by atoms with Crippen molar-refractivity contribution < 1.29 is 13.6 Å². The summed E-state index contributed by atoms with van der Waals surface area (Å²) in [6, 6.07) is 11.8. The molecule has 2 aromatic carbocycles. The third-order valence-corrected chi connectivity index (χ3v) is 5.65. The van der Waals surface area contributed by atoms with E-state index < -0.39 is 17.7 Å². The van der Waals surface area contributed by atoms with Crippen molar-refractivity contribution in [2.45, 2.75) is 19.0 Å². The maximum absolute atomic E-state index is 13.8. The summed E-state index contributed by atoms with van der Waals surface area (Å²) in [5, 5.41) is 2.81. The van der Waals surface area contributed by atoms with Crippen LogP contribution in [0.3, 0.4) is 0 Å². The van der Waals surface area contributed by atoms with E-state index >= 15 is 0 Å². The zero-order valence-electron chi connectivity index (χ0n) is 18.8. The van der Waals surface area contributed by atoms with Gasteiger partial charge in [-0.25, -0.2) is 23.7 Å². The SMILES string of the molecule is Cl.NC(Cc1cc(F)cc(F)c1)c1nc(C#Cc2cncnc2)ccc1-c1ccc2c(c1)C(=O)NC2. The molecule has 0 saturated carbocycles. The number of pyridine rings is 1. The average molecular weight is 504 g/mol. The van der Waals surface area contributed by atoms with Crippen molar-refractivity contribution in [1.82, 2.24) is 20.3 Å². The molecule has 6 nitrogen and oxygen atoms in total. The predicted molar refractivity (Wildman–Crippen MR) is 133 cm³/mol. The summed E-state index contributed by atoms with van der Waals surface area (Å²) in [5.41, 5.74) is 11.5. The lowest BCUT2D eigenvalue weighted by Crippen LogP contribution is -2.17. The number of halogens is 3. The first-order chi connectivity index (χ1) is 17.0. The van der Waals surface area contributed by atoms with Gasteiger partial charge in [-0.3, -0.25) is 4.79 Å². The highest BCUT2D eigenvalue weighted by molar-refractivity contribution is 5.99. The Kier molecular flexibility index (Phi) is 7.34. The second kappa shape index (κ2) is 10.6. The van der Waals surface area contributed by atoms with Crippen LogP contribution in [0.25, 0.3) is 11.1 Å². The van der Waals surface area contributed by atoms with Gasteiger partial charge in [-0.1, -0.05) is 18.1 Å². The summed E-state index contributed by atoms with van der Waals surface area (Å²) in [7, 11) is 0. The fraction of sp³-hybridized carbons (Fsp3) is 0.111. The molecule has 0 aliphatic carbocycles. The number of hydrogen-bond donors (Lipinski definition) is 2. The van der Waals surface area contributed by atoms with Gasteiger partial charge in [0.2, 0.25) is 0 Å². The highest BCUT2D eigenvalue weighted by Gasteiger charge is 2.22. The van der Waals surface area contributed by atoms with Crippen LogP contribution in [0.4, 0.5) is 8.78 Å². The molecule has 0 bridgehead atoms. The highest BCUT2D eigenvalue weighted by atomic mass is 35.5. The van der Waals surface area contributed by atoms with Gasteiger partial charge < -0.3 is 11.1 Å². The predicted octanol–water partition coefficient (Wildman–Crippen LogP) is 4.12. The monoisotopic (exact) mass is 503 g/mol. The first kappa shape index (κ1) is 24.9. The van der Waals surface area contributed by atoms with Gasteiger partial charge in [0.25, 0.3) is 5.91 Å². The molecule has 1 amide bonds. The maximum Gasteiger partial charge on any atom is 0.251 e. The van der Waals surface area contributed by atoms with Crippen LogP contribution in [-0.2, 0) is 13.0 Å². The van der Waals surface area contributed by atoms with Gasteiger partial charge in [-0.05, 0) is 59.4 Å². The highest BCUT2D eigenvalue weighted by Crippen LogP contribution is 2.31. The van der Waals surface area contributed by atoms with Crippen molar-refractivity contribution in [2.75, 3.05) is 0 Å². The molecule has 1 unspecified atom stereocenters. The van der Waals surface area contributed by atoms with Crippen molar-refractivity contribution in [2.24, 2.45) is 5.73 Å². The number of hydrogen-bond acceptors (Lipinski definition) is 5. The third-order valence-electron chi connectivity index (χ3n) is 5.65. The zero-order valence-corrected chi connectivity index (χ0v) is 19.7. The van der Waals surface area contributed by atoms with Crippen LogP contribution in [0.1, 0.15) is 44.5 Å². The molecule has 0 spiro atoms. The summed E-state index contributed by atoms with van der Waals surface area (Å²) in [6.45, 7) is 0.488. The number of aromatic nitrogens is 3. The number of rotatable bonds is 4. The molecule has 1 aliphatic heterocycles. The third kappa shape index (κ3) is 5.38. The molecule has 3 heterocycles. The Balaban J connectivity index is 0.00000304. The van der Waals surface area contributed by atoms with E-state index in [-0.39, 0.29) is 24.7 Å². The van der Waals surface area contributed by atoms with Gasteiger partial charge in [-0.15, -0.1) is 12.4 Å². The topological polar surface area (TPSA) is 93.8 Å².